The number of allylic oxidation sites excluding steroid dienone is 2. The molecule has 1 heteroatoms. The van der Waals surface area contributed by atoms with Gasteiger partial charge in [-0.15, -0.1) is 0 Å². The third-order valence-electron chi connectivity index (χ3n) is 3.66. The third kappa shape index (κ3) is 17.7. The summed E-state index contributed by atoms with van der Waals surface area (Å²) in [5.41, 5.74) is 0. The molecular weight excluding hydrogens is 232 g/mol. The van der Waals surface area contributed by atoms with Crippen molar-refractivity contribution in [3.05, 3.63) is 12.2 Å². The van der Waals surface area contributed by atoms with Crippen LogP contribution in [0, 0.1) is 0 Å². The summed E-state index contributed by atoms with van der Waals surface area (Å²) in [7, 11) is 0. The molecule has 0 N–H and O–H groups in total. The Hall–Kier alpha value is -0.300. The molecule has 0 aromatic carbocycles. The fourth-order valence-electron chi connectivity index (χ4n) is 2.35. The molecule has 19 heavy (non-hydrogen) atoms. The maximum atomic E-state index is 10.3. The molecule has 0 aliphatic carbocycles. The van der Waals surface area contributed by atoms with Crippen molar-refractivity contribution in [2.24, 2.45) is 0 Å². The van der Waals surface area contributed by atoms with E-state index in [2.05, 4.69) is 19.1 Å². The lowest BCUT2D eigenvalue weighted by atomic mass is 10.1. The molecule has 0 rings (SSSR count). The van der Waals surface area contributed by atoms with Crippen LogP contribution in [0.4, 0.5) is 0 Å². The average molecular weight is 267 g/mol. The molecule has 0 unspecified atom stereocenters. The molecule has 1 radical (unpaired) electrons. The molecular formula is C18H35O. The van der Waals surface area contributed by atoms with Crippen molar-refractivity contribution in [2.75, 3.05) is 6.61 Å². The summed E-state index contributed by atoms with van der Waals surface area (Å²) in [6.07, 6.45) is 22.9. The maximum absolute atomic E-state index is 10.3. The molecule has 0 aliphatic heterocycles. The minimum absolute atomic E-state index is 0.116. The van der Waals surface area contributed by atoms with Crippen LogP contribution in [0.5, 0.6) is 0 Å². The minimum Gasteiger partial charge on any atom is -0.237 e. The van der Waals surface area contributed by atoms with Crippen molar-refractivity contribution >= 4 is 0 Å². The first-order valence-electron chi connectivity index (χ1n) is 8.65. The second-order valence-electron chi connectivity index (χ2n) is 5.64. The van der Waals surface area contributed by atoms with Gasteiger partial charge in [-0.25, -0.2) is 5.11 Å². The quantitative estimate of drug-likeness (QED) is 0.240. The van der Waals surface area contributed by atoms with Crippen molar-refractivity contribution in [3.8, 4) is 0 Å². The lowest BCUT2D eigenvalue weighted by Crippen LogP contribution is -1.83. The Bertz CT molecular complexity index is 175. The largest absolute Gasteiger partial charge is 0.237 e. The third-order valence-corrected chi connectivity index (χ3v) is 3.66. The number of hydrogen-bond acceptors (Lipinski definition) is 0. The molecule has 0 fully saturated rings. The number of rotatable bonds is 15. The highest BCUT2D eigenvalue weighted by Crippen LogP contribution is 2.10. The molecule has 0 atom stereocenters. The van der Waals surface area contributed by atoms with E-state index < -0.39 is 0 Å². The average Bonchev–Trinajstić information content (AvgIpc) is 2.43. The molecule has 113 valence electrons. The lowest BCUT2D eigenvalue weighted by Gasteiger charge is -2.00. The Balaban J connectivity index is 2.99. The van der Waals surface area contributed by atoms with Crippen molar-refractivity contribution in [3.63, 3.8) is 0 Å². The monoisotopic (exact) mass is 267 g/mol. The van der Waals surface area contributed by atoms with E-state index in [0.717, 1.165) is 12.8 Å². The Morgan fingerprint density at radius 2 is 1.00 bits per heavy atom. The predicted octanol–water partition coefficient (Wildman–Crippen LogP) is 6.45. The van der Waals surface area contributed by atoms with Gasteiger partial charge < -0.3 is 0 Å². The van der Waals surface area contributed by atoms with Crippen LogP contribution >= 0.6 is 0 Å². The zero-order valence-corrected chi connectivity index (χ0v) is 13.2. The van der Waals surface area contributed by atoms with Crippen LogP contribution in [0.3, 0.4) is 0 Å². The van der Waals surface area contributed by atoms with Crippen LogP contribution in [-0.4, -0.2) is 6.61 Å². The molecule has 0 spiro atoms. The minimum atomic E-state index is 0.116. The first-order valence-corrected chi connectivity index (χ1v) is 8.65. The normalized spacial score (nSPS) is 11.5. The first kappa shape index (κ1) is 18.7. The van der Waals surface area contributed by atoms with Crippen molar-refractivity contribution in [2.45, 2.75) is 96.8 Å². The molecule has 0 aromatic rings. The van der Waals surface area contributed by atoms with Gasteiger partial charge in [-0.1, -0.05) is 76.9 Å². The van der Waals surface area contributed by atoms with E-state index in [-0.39, 0.29) is 6.61 Å². The Kier molecular flexibility index (Phi) is 17.4. The van der Waals surface area contributed by atoms with Gasteiger partial charge in [0.05, 0.1) is 6.61 Å². The second kappa shape index (κ2) is 17.7. The molecule has 0 amide bonds. The van der Waals surface area contributed by atoms with Gasteiger partial charge in [0.25, 0.3) is 0 Å². The molecule has 0 aliphatic rings. The summed E-state index contributed by atoms with van der Waals surface area (Å²) >= 11 is 0. The lowest BCUT2D eigenvalue weighted by molar-refractivity contribution is 0.186. The zero-order chi connectivity index (χ0) is 14.0. The van der Waals surface area contributed by atoms with Crippen LogP contribution in [-0.2, 0) is 5.11 Å². The van der Waals surface area contributed by atoms with Crippen LogP contribution in [0.15, 0.2) is 12.2 Å². The number of hydrogen-bond donors (Lipinski definition) is 0. The topological polar surface area (TPSA) is 19.9 Å². The fraction of sp³-hybridized carbons (Fsp3) is 0.889. The highest BCUT2D eigenvalue weighted by Gasteiger charge is 1.91. The summed E-state index contributed by atoms with van der Waals surface area (Å²) in [4.78, 5) is 0. The van der Waals surface area contributed by atoms with Crippen molar-refractivity contribution in [1.29, 1.82) is 0 Å². The summed E-state index contributed by atoms with van der Waals surface area (Å²) < 4.78 is 0. The van der Waals surface area contributed by atoms with E-state index in [4.69, 9.17) is 0 Å². The highest BCUT2D eigenvalue weighted by atomic mass is 16.2. The van der Waals surface area contributed by atoms with Crippen molar-refractivity contribution in [1.82, 2.24) is 0 Å². The van der Waals surface area contributed by atoms with Crippen LogP contribution < -0.4 is 0 Å². The van der Waals surface area contributed by atoms with Crippen molar-refractivity contribution < 1.29 is 5.11 Å². The smallest absolute Gasteiger partial charge is 0.0822 e. The van der Waals surface area contributed by atoms with Gasteiger partial charge in [-0.2, -0.15) is 0 Å². The van der Waals surface area contributed by atoms with E-state index in [1.807, 2.05) is 0 Å². The molecule has 0 aromatic heterocycles. The standard InChI is InChI=1S/C18H35O/c1-2-3-4-5-6-7-8-9-10-11-12-13-14-15-16-17-18-19/h7-8H,2-6,9-18H2,1H3/b8-7+. The van der Waals surface area contributed by atoms with Gasteiger partial charge >= 0.3 is 0 Å². The first-order chi connectivity index (χ1) is 9.41. The van der Waals surface area contributed by atoms with Gasteiger partial charge in [0.1, 0.15) is 0 Å². The summed E-state index contributed by atoms with van der Waals surface area (Å²) in [5.74, 6) is 0. The Labute approximate surface area is 121 Å². The molecule has 0 heterocycles. The van der Waals surface area contributed by atoms with Crippen LogP contribution in [0.1, 0.15) is 96.8 Å². The SMILES string of the molecule is CCCCCC/C=C/CCCCCCCCCC[O]. The second-order valence-corrected chi connectivity index (χ2v) is 5.64. The Morgan fingerprint density at radius 3 is 1.47 bits per heavy atom. The van der Waals surface area contributed by atoms with Gasteiger partial charge in [-0.3, -0.25) is 0 Å². The van der Waals surface area contributed by atoms with Gasteiger partial charge in [0.2, 0.25) is 0 Å². The molecule has 0 saturated heterocycles. The summed E-state index contributed by atoms with van der Waals surface area (Å²) in [6.45, 7) is 2.38. The van der Waals surface area contributed by atoms with E-state index in [1.165, 1.54) is 77.0 Å². The molecule has 1 nitrogen and oxygen atoms in total. The van der Waals surface area contributed by atoms with E-state index in [1.54, 1.807) is 0 Å². The van der Waals surface area contributed by atoms with Gasteiger partial charge in [0, 0.05) is 0 Å². The fourth-order valence-corrected chi connectivity index (χ4v) is 2.35. The predicted molar refractivity (Wildman–Crippen MR) is 85.0 cm³/mol. The molecule has 0 bridgehead atoms. The zero-order valence-electron chi connectivity index (χ0n) is 13.2. The van der Waals surface area contributed by atoms with Crippen LogP contribution in [0.25, 0.3) is 0 Å². The number of unbranched alkanes of at least 4 members (excludes halogenated alkanes) is 12. The summed E-state index contributed by atoms with van der Waals surface area (Å²) in [5, 5.41) is 10.3. The van der Waals surface area contributed by atoms with Crippen LogP contribution in [0.2, 0.25) is 0 Å². The van der Waals surface area contributed by atoms with Gasteiger partial charge in [-0.05, 0) is 32.1 Å². The summed E-state index contributed by atoms with van der Waals surface area (Å²) in [6, 6.07) is 0. The van der Waals surface area contributed by atoms with E-state index in [9.17, 15) is 5.11 Å². The molecule has 0 saturated carbocycles. The van der Waals surface area contributed by atoms with Gasteiger partial charge in [0.15, 0.2) is 0 Å². The van der Waals surface area contributed by atoms with E-state index in [0.29, 0.717) is 0 Å². The highest BCUT2D eigenvalue weighted by molar-refractivity contribution is 4.81. The Morgan fingerprint density at radius 1 is 0.579 bits per heavy atom. The van der Waals surface area contributed by atoms with E-state index >= 15 is 0 Å². The maximum Gasteiger partial charge on any atom is 0.0822 e.